The molecule has 18 heavy (non-hydrogen) atoms. The zero-order valence-corrected chi connectivity index (χ0v) is 11.1. The van der Waals surface area contributed by atoms with Gasteiger partial charge in [0.2, 0.25) is 0 Å². The molecule has 0 saturated heterocycles. The van der Waals surface area contributed by atoms with Gasteiger partial charge in [-0.05, 0) is 17.7 Å². The van der Waals surface area contributed by atoms with Crippen LogP contribution < -0.4 is 5.32 Å². The summed E-state index contributed by atoms with van der Waals surface area (Å²) in [7, 11) is 0. The summed E-state index contributed by atoms with van der Waals surface area (Å²) < 4.78 is 0.982. The molecule has 0 aromatic heterocycles. The van der Waals surface area contributed by atoms with Crippen LogP contribution in [-0.2, 0) is 6.54 Å². The van der Waals surface area contributed by atoms with E-state index >= 15 is 0 Å². The van der Waals surface area contributed by atoms with Crippen LogP contribution in [0.2, 0.25) is 0 Å². The van der Waals surface area contributed by atoms with Crippen LogP contribution >= 0.6 is 15.9 Å². The molecule has 0 saturated carbocycles. The van der Waals surface area contributed by atoms with Gasteiger partial charge in [0.05, 0.1) is 4.92 Å². The van der Waals surface area contributed by atoms with Gasteiger partial charge in [-0.15, -0.1) is 0 Å². The maximum Gasteiger partial charge on any atom is 0.292 e. The van der Waals surface area contributed by atoms with E-state index in [0.29, 0.717) is 12.2 Å². The van der Waals surface area contributed by atoms with Crippen molar-refractivity contribution >= 4 is 27.3 Å². The molecule has 0 fully saturated rings. The number of hydrogen-bond acceptors (Lipinski definition) is 3. The standard InChI is InChI=1S/C13H11BrN2O2/c14-11-6-2-1-5-10(11)9-15-12-7-3-4-8-13(12)16(17)18/h1-8,15H,9H2. The highest BCUT2D eigenvalue weighted by Gasteiger charge is 2.11. The Morgan fingerprint density at radius 2 is 1.78 bits per heavy atom. The van der Waals surface area contributed by atoms with Gasteiger partial charge in [-0.2, -0.15) is 0 Å². The molecule has 2 rings (SSSR count). The van der Waals surface area contributed by atoms with E-state index in [1.165, 1.54) is 6.07 Å². The quantitative estimate of drug-likeness (QED) is 0.687. The molecular weight excluding hydrogens is 296 g/mol. The molecule has 1 N–H and O–H groups in total. The largest absolute Gasteiger partial charge is 0.375 e. The molecule has 0 heterocycles. The predicted octanol–water partition coefficient (Wildman–Crippen LogP) is 3.97. The Morgan fingerprint density at radius 1 is 1.11 bits per heavy atom. The average Bonchev–Trinajstić information content (AvgIpc) is 2.38. The minimum atomic E-state index is -0.387. The lowest BCUT2D eigenvalue weighted by atomic mass is 10.2. The Morgan fingerprint density at radius 3 is 2.50 bits per heavy atom. The van der Waals surface area contributed by atoms with Gasteiger partial charge in [-0.25, -0.2) is 0 Å². The van der Waals surface area contributed by atoms with Crippen LogP contribution in [0, 0.1) is 10.1 Å². The monoisotopic (exact) mass is 306 g/mol. The Bertz CT molecular complexity index is 572. The second kappa shape index (κ2) is 5.64. The second-order valence-corrected chi connectivity index (χ2v) is 4.57. The summed E-state index contributed by atoms with van der Waals surface area (Å²) in [4.78, 5) is 10.5. The molecule has 0 radical (unpaired) electrons. The van der Waals surface area contributed by atoms with E-state index < -0.39 is 0 Å². The molecular formula is C13H11BrN2O2. The van der Waals surface area contributed by atoms with Crippen molar-refractivity contribution in [3.05, 3.63) is 68.7 Å². The third-order valence-corrected chi connectivity index (χ3v) is 3.30. The first-order chi connectivity index (χ1) is 8.68. The fourth-order valence-electron chi connectivity index (χ4n) is 1.61. The van der Waals surface area contributed by atoms with E-state index in [1.54, 1.807) is 18.2 Å². The molecule has 0 aliphatic rings. The first-order valence-corrected chi connectivity index (χ1v) is 6.18. The first kappa shape index (κ1) is 12.6. The molecule has 0 atom stereocenters. The number of hydrogen-bond donors (Lipinski definition) is 1. The third kappa shape index (κ3) is 2.87. The van der Waals surface area contributed by atoms with Crippen molar-refractivity contribution in [1.29, 1.82) is 0 Å². The van der Waals surface area contributed by atoms with Gasteiger partial charge in [0, 0.05) is 17.1 Å². The molecule has 0 amide bonds. The highest BCUT2D eigenvalue weighted by molar-refractivity contribution is 9.10. The summed E-state index contributed by atoms with van der Waals surface area (Å²) in [5.74, 6) is 0. The van der Waals surface area contributed by atoms with Gasteiger partial charge >= 0.3 is 0 Å². The Labute approximate surface area is 113 Å². The lowest BCUT2D eigenvalue weighted by molar-refractivity contribution is -0.384. The normalized spacial score (nSPS) is 10.1. The zero-order valence-electron chi connectivity index (χ0n) is 9.47. The summed E-state index contributed by atoms with van der Waals surface area (Å²) in [5, 5.41) is 13.9. The molecule has 0 bridgehead atoms. The van der Waals surface area contributed by atoms with E-state index in [9.17, 15) is 10.1 Å². The fourth-order valence-corrected chi connectivity index (χ4v) is 2.04. The SMILES string of the molecule is O=[N+]([O-])c1ccccc1NCc1ccccc1Br. The van der Waals surface area contributed by atoms with Crippen molar-refractivity contribution in [3.63, 3.8) is 0 Å². The molecule has 0 spiro atoms. The summed E-state index contributed by atoms with van der Waals surface area (Å²) in [6.07, 6.45) is 0. The van der Waals surface area contributed by atoms with E-state index in [0.717, 1.165) is 10.0 Å². The summed E-state index contributed by atoms with van der Waals surface area (Å²) in [6.45, 7) is 0.534. The van der Waals surface area contributed by atoms with Crippen LogP contribution in [0.4, 0.5) is 11.4 Å². The number of benzene rings is 2. The molecule has 5 heteroatoms. The van der Waals surface area contributed by atoms with Crippen molar-refractivity contribution in [2.24, 2.45) is 0 Å². The minimum absolute atomic E-state index is 0.0875. The molecule has 2 aromatic carbocycles. The minimum Gasteiger partial charge on any atom is -0.375 e. The Kier molecular flexibility index (Phi) is 3.94. The number of nitro benzene ring substituents is 1. The molecule has 0 aliphatic heterocycles. The van der Waals surface area contributed by atoms with Crippen molar-refractivity contribution in [3.8, 4) is 0 Å². The van der Waals surface area contributed by atoms with Crippen molar-refractivity contribution in [2.75, 3.05) is 5.32 Å². The van der Waals surface area contributed by atoms with E-state index in [1.807, 2.05) is 24.3 Å². The fraction of sp³-hybridized carbons (Fsp3) is 0.0769. The van der Waals surface area contributed by atoms with Gasteiger partial charge in [0.1, 0.15) is 5.69 Å². The lowest BCUT2D eigenvalue weighted by Crippen LogP contribution is -2.02. The topological polar surface area (TPSA) is 55.2 Å². The van der Waals surface area contributed by atoms with E-state index in [4.69, 9.17) is 0 Å². The van der Waals surface area contributed by atoms with Gasteiger partial charge in [-0.1, -0.05) is 46.3 Å². The van der Waals surface area contributed by atoms with Crippen LogP contribution in [0.5, 0.6) is 0 Å². The number of rotatable bonds is 4. The van der Waals surface area contributed by atoms with Crippen molar-refractivity contribution in [1.82, 2.24) is 0 Å². The van der Waals surface area contributed by atoms with Crippen molar-refractivity contribution in [2.45, 2.75) is 6.54 Å². The highest BCUT2D eigenvalue weighted by atomic mass is 79.9. The second-order valence-electron chi connectivity index (χ2n) is 3.72. The van der Waals surface area contributed by atoms with E-state index in [-0.39, 0.29) is 10.6 Å². The first-order valence-electron chi connectivity index (χ1n) is 5.39. The average molecular weight is 307 g/mol. The summed E-state index contributed by atoms with van der Waals surface area (Å²) >= 11 is 3.44. The van der Waals surface area contributed by atoms with Crippen LogP contribution in [0.25, 0.3) is 0 Å². The highest BCUT2D eigenvalue weighted by Crippen LogP contribution is 2.25. The lowest BCUT2D eigenvalue weighted by Gasteiger charge is -2.08. The number of nitrogens with zero attached hydrogens (tertiary/aromatic N) is 1. The molecule has 4 nitrogen and oxygen atoms in total. The maximum absolute atomic E-state index is 10.9. The molecule has 0 aliphatic carbocycles. The predicted molar refractivity (Wildman–Crippen MR) is 74.6 cm³/mol. The van der Waals surface area contributed by atoms with Gasteiger partial charge in [-0.3, -0.25) is 10.1 Å². The van der Waals surface area contributed by atoms with Crippen LogP contribution in [0.1, 0.15) is 5.56 Å². The maximum atomic E-state index is 10.9. The summed E-state index contributed by atoms with van der Waals surface area (Å²) in [5.41, 5.74) is 1.67. The Balaban J connectivity index is 2.16. The number of para-hydroxylation sites is 2. The van der Waals surface area contributed by atoms with Gasteiger partial charge in [0.15, 0.2) is 0 Å². The van der Waals surface area contributed by atoms with Crippen LogP contribution in [0.3, 0.4) is 0 Å². The number of halogens is 1. The third-order valence-electron chi connectivity index (χ3n) is 2.53. The Hall–Kier alpha value is -1.88. The van der Waals surface area contributed by atoms with Crippen LogP contribution in [0.15, 0.2) is 53.0 Å². The van der Waals surface area contributed by atoms with Crippen molar-refractivity contribution < 1.29 is 4.92 Å². The smallest absolute Gasteiger partial charge is 0.292 e. The number of nitrogens with one attached hydrogen (secondary N) is 1. The number of anilines is 1. The molecule has 2 aromatic rings. The summed E-state index contributed by atoms with van der Waals surface area (Å²) in [6, 6.07) is 14.4. The van der Waals surface area contributed by atoms with E-state index in [2.05, 4.69) is 21.2 Å². The van der Waals surface area contributed by atoms with Gasteiger partial charge < -0.3 is 5.32 Å². The molecule has 92 valence electrons. The number of nitro groups is 1. The van der Waals surface area contributed by atoms with Gasteiger partial charge in [0.25, 0.3) is 5.69 Å². The molecule has 0 unspecified atom stereocenters. The zero-order chi connectivity index (χ0) is 13.0. The van der Waals surface area contributed by atoms with Crippen LogP contribution in [-0.4, -0.2) is 4.92 Å².